The van der Waals surface area contributed by atoms with Crippen LogP contribution in [-0.4, -0.2) is 21.6 Å². The van der Waals surface area contributed by atoms with E-state index in [-0.39, 0.29) is 23.8 Å². The number of carboxylic acid groups (broad SMARTS) is 1. The second-order valence-corrected chi connectivity index (χ2v) is 8.24. The zero-order valence-electron chi connectivity index (χ0n) is 18.3. The molecule has 0 aliphatic heterocycles. The number of carboxylic acids is 1. The summed E-state index contributed by atoms with van der Waals surface area (Å²) in [6.07, 6.45) is 1.79. The highest BCUT2D eigenvalue weighted by molar-refractivity contribution is 5.81. The molecule has 0 unspecified atom stereocenters. The summed E-state index contributed by atoms with van der Waals surface area (Å²) in [5.74, 6) is -1.22. The Morgan fingerprint density at radius 1 is 0.938 bits per heavy atom. The van der Waals surface area contributed by atoms with Crippen molar-refractivity contribution in [2.24, 2.45) is 5.92 Å². The lowest BCUT2D eigenvalue weighted by atomic mass is 9.96. The maximum Gasteiger partial charge on any atom is 0.305 e. The number of hydrogen-bond donors (Lipinski definition) is 2. The number of rotatable bonds is 9. The first-order chi connectivity index (χ1) is 15.3. The van der Waals surface area contributed by atoms with Crippen molar-refractivity contribution in [3.05, 3.63) is 94.9 Å². The van der Waals surface area contributed by atoms with Crippen molar-refractivity contribution in [3.63, 3.8) is 0 Å². The molecule has 6 nitrogen and oxygen atoms in total. The summed E-state index contributed by atoms with van der Waals surface area (Å²) in [5.41, 5.74) is 2.37. The molecule has 0 fully saturated rings. The first-order valence-electron chi connectivity index (χ1n) is 10.7. The van der Waals surface area contributed by atoms with Gasteiger partial charge in [0.1, 0.15) is 6.04 Å². The van der Waals surface area contributed by atoms with E-state index in [1.165, 1.54) is 10.6 Å². The van der Waals surface area contributed by atoms with Crippen LogP contribution in [0.2, 0.25) is 0 Å². The third-order valence-electron chi connectivity index (χ3n) is 5.28. The summed E-state index contributed by atoms with van der Waals surface area (Å²) < 4.78 is 1.41. The molecule has 2 N–H and O–H groups in total. The average molecular weight is 433 g/mol. The number of pyridine rings is 1. The molecule has 0 bridgehead atoms. The minimum Gasteiger partial charge on any atom is -0.481 e. The molecule has 0 saturated heterocycles. The van der Waals surface area contributed by atoms with Crippen molar-refractivity contribution in [2.75, 3.05) is 0 Å². The zero-order valence-corrected chi connectivity index (χ0v) is 18.3. The first-order valence-corrected chi connectivity index (χ1v) is 10.7. The van der Waals surface area contributed by atoms with Gasteiger partial charge >= 0.3 is 5.97 Å². The molecular weight excluding hydrogens is 404 g/mol. The van der Waals surface area contributed by atoms with Gasteiger partial charge in [-0.1, -0.05) is 68.4 Å². The van der Waals surface area contributed by atoms with Gasteiger partial charge in [0, 0.05) is 12.3 Å². The molecule has 1 amide bonds. The van der Waals surface area contributed by atoms with Crippen molar-refractivity contribution in [2.45, 2.75) is 38.8 Å². The Hall–Kier alpha value is -3.67. The predicted octanol–water partition coefficient (Wildman–Crippen LogP) is 4.43. The molecule has 3 rings (SSSR count). The van der Waals surface area contributed by atoms with Gasteiger partial charge in [-0.25, -0.2) is 0 Å². The number of benzene rings is 2. The van der Waals surface area contributed by atoms with Crippen LogP contribution in [0.1, 0.15) is 44.3 Å². The molecule has 2 aromatic carbocycles. The maximum atomic E-state index is 13.3. The summed E-state index contributed by atoms with van der Waals surface area (Å²) in [6.45, 7) is 3.96. The lowest BCUT2D eigenvalue weighted by molar-refractivity contribution is -0.138. The van der Waals surface area contributed by atoms with Crippen molar-refractivity contribution in [3.8, 4) is 11.1 Å². The largest absolute Gasteiger partial charge is 0.481 e. The van der Waals surface area contributed by atoms with Crippen LogP contribution >= 0.6 is 0 Å². The highest BCUT2D eigenvalue weighted by Crippen LogP contribution is 2.26. The SMILES string of the molecule is CC(C)C[C@@H](C(=O)N[C@@H](CC(=O)O)c1cccc(-c2ccccc2)c1)n1ccccc1=O. The number of nitrogens with zero attached hydrogens (tertiary/aromatic N) is 1. The summed E-state index contributed by atoms with van der Waals surface area (Å²) in [5, 5.41) is 12.4. The number of carbonyl (C=O) groups excluding carboxylic acids is 1. The lowest BCUT2D eigenvalue weighted by Crippen LogP contribution is -2.39. The van der Waals surface area contributed by atoms with Crippen molar-refractivity contribution < 1.29 is 14.7 Å². The Labute approximate surface area is 187 Å². The smallest absolute Gasteiger partial charge is 0.305 e. The number of aromatic nitrogens is 1. The van der Waals surface area contributed by atoms with E-state index < -0.39 is 18.1 Å². The van der Waals surface area contributed by atoms with Crippen LogP contribution in [0.5, 0.6) is 0 Å². The molecule has 166 valence electrons. The third kappa shape index (κ3) is 5.94. The first kappa shape index (κ1) is 23.0. The minimum absolute atomic E-state index is 0.164. The molecule has 0 radical (unpaired) electrons. The van der Waals surface area contributed by atoms with Crippen molar-refractivity contribution in [1.82, 2.24) is 9.88 Å². The highest BCUT2D eigenvalue weighted by atomic mass is 16.4. The Balaban J connectivity index is 1.92. The fourth-order valence-corrected chi connectivity index (χ4v) is 3.75. The molecule has 1 heterocycles. The molecule has 0 aliphatic rings. The summed E-state index contributed by atoms with van der Waals surface area (Å²) in [7, 11) is 0. The van der Waals surface area contributed by atoms with Crippen molar-refractivity contribution >= 4 is 11.9 Å². The fourth-order valence-electron chi connectivity index (χ4n) is 3.75. The van der Waals surface area contributed by atoms with Gasteiger partial charge in [0.05, 0.1) is 12.5 Å². The van der Waals surface area contributed by atoms with Gasteiger partial charge in [-0.2, -0.15) is 0 Å². The van der Waals surface area contributed by atoms with Crippen LogP contribution in [0.4, 0.5) is 0 Å². The Bertz CT molecular complexity index is 1120. The molecule has 3 aromatic rings. The number of carbonyl (C=O) groups is 2. The van der Waals surface area contributed by atoms with Gasteiger partial charge in [0.25, 0.3) is 5.56 Å². The number of amides is 1. The fraction of sp³-hybridized carbons (Fsp3) is 0.269. The van der Waals surface area contributed by atoms with E-state index in [2.05, 4.69) is 5.32 Å². The summed E-state index contributed by atoms with van der Waals surface area (Å²) >= 11 is 0. The summed E-state index contributed by atoms with van der Waals surface area (Å²) in [6, 6.07) is 20.6. The molecular formula is C26H28N2O4. The number of nitrogens with one attached hydrogen (secondary N) is 1. The Kier molecular flexibility index (Phi) is 7.60. The second kappa shape index (κ2) is 10.6. The van der Waals surface area contributed by atoms with E-state index in [0.29, 0.717) is 12.0 Å². The average Bonchev–Trinajstić information content (AvgIpc) is 2.78. The Morgan fingerprint density at radius 3 is 2.28 bits per heavy atom. The van der Waals surface area contributed by atoms with Crippen LogP contribution in [-0.2, 0) is 9.59 Å². The lowest BCUT2D eigenvalue weighted by Gasteiger charge is -2.25. The molecule has 0 spiro atoms. The van der Waals surface area contributed by atoms with Crippen LogP contribution in [0, 0.1) is 5.92 Å². The van der Waals surface area contributed by atoms with Crippen LogP contribution in [0.3, 0.4) is 0 Å². The summed E-state index contributed by atoms with van der Waals surface area (Å²) in [4.78, 5) is 37.2. The van der Waals surface area contributed by atoms with Gasteiger partial charge < -0.3 is 15.0 Å². The third-order valence-corrected chi connectivity index (χ3v) is 5.28. The topological polar surface area (TPSA) is 88.4 Å². The van der Waals surface area contributed by atoms with Crippen LogP contribution in [0.15, 0.2) is 83.8 Å². The highest BCUT2D eigenvalue weighted by Gasteiger charge is 2.26. The molecule has 32 heavy (non-hydrogen) atoms. The van der Waals surface area contributed by atoms with E-state index in [1.54, 1.807) is 18.3 Å². The number of aliphatic carboxylic acids is 1. The number of hydrogen-bond acceptors (Lipinski definition) is 3. The normalized spacial score (nSPS) is 12.8. The molecule has 2 atom stereocenters. The molecule has 0 aliphatic carbocycles. The maximum absolute atomic E-state index is 13.3. The van der Waals surface area contributed by atoms with E-state index in [0.717, 1.165) is 11.1 Å². The second-order valence-electron chi connectivity index (χ2n) is 8.24. The quantitative estimate of drug-likeness (QED) is 0.523. The van der Waals surface area contributed by atoms with E-state index in [1.807, 2.05) is 68.4 Å². The standard InChI is InChI=1S/C26H28N2O4/c1-18(2)15-23(28-14-7-6-13-24(28)29)26(32)27-22(17-25(30)31)21-12-8-11-20(16-21)19-9-4-3-5-10-19/h3-14,16,18,22-23H,15,17H2,1-2H3,(H,27,32)(H,30,31)/t22-,23-/m0/s1. The molecule has 6 heteroatoms. The van der Waals surface area contributed by atoms with Gasteiger partial charge in [0.15, 0.2) is 0 Å². The van der Waals surface area contributed by atoms with Gasteiger partial charge in [0.2, 0.25) is 5.91 Å². The van der Waals surface area contributed by atoms with Gasteiger partial charge in [-0.3, -0.25) is 14.4 Å². The van der Waals surface area contributed by atoms with Crippen LogP contribution < -0.4 is 10.9 Å². The minimum atomic E-state index is -1.02. The van der Waals surface area contributed by atoms with Gasteiger partial charge in [-0.15, -0.1) is 0 Å². The van der Waals surface area contributed by atoms with E-state index >= 15 is 0 Å². The predicted molar refractivity (Wildman–Crippen MR) is 124 cm³/mol. The molecule has 0 saturated carbocycles. The van der Waals surface area contributed by atoms with E-state index in [9.17, 15) is 19.5 Å². The van der Waals surface area contributed by atoms with Crippen LogP contribution in [0.25, 0.3) is 11.1 Å². The zero-order chi connectivity index (χ0) is 23.1. The molecule has 1 aromatic heterocycles. The Morgan fingerprint density at radius 2 is 1.62 bits per heavy atom. The van der Waals surface area contributed by atoms with Gasteiger partial charge in [-0.05, 0) is 41.2 Å². The van der Waals surface area contributed by atoms with Crippen molar-refractivity contribution in [1.29, 1.82) is 0 Å². The monoisotopic (exact) mass is 432 g/mol. The van der Waals surface area contributed by atoms with E-state index in [4.69, 9.17) is 0 Å².